The number of pyridine rings is 1. The molecule has 0 aliphatic carbocycles. The fourth-order valence-corrected chi connectivity index (χ4v) is 6.36. The van der Waals surface area contributed by atoms with Crippen molar-refractivity contribution >= 4 is 56.7 Å². The molecular formula is C30H32N8O5S2. The van der Waals surface area contributed by atoms with E-state index in [9.17, 15) is 24.3 Å². The van der Waals surface area contributed by atoms with E-state index in [1.54, 1.807) is 55.0 Å². The van der Waals surface area contributed by atoms with Crippen LogP contribution in [0, 0.1) is 0 Å². The summed E-state index contributed by atoms with van der Waals surface area (Å²) < 4.78 is 0. The number of anilines is 2. The zero-order valence-electron chi connectivity index (χ0n) is 24.6. The van der Waals surface area contributed by atoms with Crippen molar-refractivity contribution in [2.45, 2.75) is 38.6 Å². The normalized spacial score (nSPS) is 15.7. The van der Waals surface area contributed by atoms with Gasteiger partial charge < -0.3 is 26.4 Å². The predicted octanol–water partition coefficient (Wildman–Crippen LogP) is 4.08. The Bertz CT molecular complexity index is 1720. The molecule has 2 aliphatic heterocycles. The molecule has 0 unspecified atom stereocenters. The standard InChI is InChI=1S/C15H15N5O3S.C15H17N3O2S/c1-15(2)12(22)20(14(23)19-15)7-11(21)18-13-17-10(8-24-13)9-5-3-4-6-16-9;16-14(20)11-8-10(4-5-13(11)19)12-9-21-15(17-12)18-6-2-1-3-7-18/h3-6,8H,7H2,1-2H3,(H,19,23)(H,17,18,21);4-5,8-9,19H,1-3,6-7H2,(H2,16,20). The van der Waals surface area contributed by atoms with E-state index in [0.717, 1.165) is 34.4 Å². The van der Waals surface area contributed by atoms with Crippen LogP contribution in [0.1, 0.15) is 43.5 Å². The van der Waals surface area contributed by atoms with Gasteiger partial charge in [-0.05, 0) is 63.4 Å². The Balaban J connectivity index is 0.000000179. The summed E-state index contributed by atoms with van der Waals surface area (Å²) in [5.41, 5.74) is 7.33. The lowest BCUT2D eigenvalue weighted by Gasteiger charge is -2.25. The van der Waals surface area contributed by atoms with Gasteiger partial charge in [0, 0.05) is 35.6 Å². The highest BCUT2D eigenvalue weighted by Gasteiger charge is 2.44. The smallest absolute Gasteiger partial charge is 0.325 e. The van der Waals surface area contributed by atoms with E-state index in [0.29, 0.717) is 16.5 Å². The quantitative estimate of drug-likeness (QED) is 0.215. The van der Waals surface area contributed by atoms with Gasteiger partial charge in [-0.3, -0.25) is 24.3 Å². The van der Waals surface area contributed by atoms with Crippen LogP contribution in [-0.4, -0.2) is 73.9 Å². The van der Waals surface area contributed by atoms with Gasteiger partial charge in [0.2, 0.25) is 5.91 Å². The minimum Gasteiger partial charge on any atom is -0.507 e. The number of nitrogens with two attached hydrogens (primary N) is 1. The summed E-state index contributed by atoms with van der Waals surface area (Å²) in [6.07, 6.45) is 5.36. The van der Waals surface area contributed by atoms with Crippen LogP contribution >= 0.6 is 22.7 Å². The summed E-state index contributed by atoms with van der Waals surface area (Å²) in [4.78, 5) is 63.5. The average molecular weight is 649 g/mol. The number of urea groups is 1. The number of aromatic hydroxyl groups is 1. The molecule has 3 aromatic heterocycles. The molecule has 13 nitrogen and oxygen atoms in total. The summed E-state index contributed by atoms with van der Waals surface area (Å²) >= 11 is 2.85. The minimum absolute atomic E-state index is 0.0993. The molecule has 5 amide bonds. The van der Waals surface area contributed by atoms with Gasteiger partial charge in [0.25, 0.3) is 11.8 Å². The first-order chi connectivity index (χ1) is 21.5. The average Bonchev–Trinajstić information content (AvgIpc) is 3.75. The number of primary amides is 1. The van der Waals surface area contributed by atoms with Crippen molar-refractivity contribution in [1.29, 1.82) is 0 Å². The molecule has 234 valence electrons. The van der Waals surface area contributed by atoms with Gasteiger partial charge in [-0.1, -0.05) is 6.07 Å². The van der Waals surface area contributed by atoms with Gasteiger partial charge in [-0.15, -0.1) is 22.7 Å². The lowest BCUT2D eigenvalue weighted by atomic mass is 10.1. The Labute approximate surface area is 267 Å². The van der Waals surface area contributed by atoms with E-state index in [4.69, 9.17) is 5.73 Å². The molecular weight excluding hydrogens is 617 g/mol. The van der Waals surface area contributed by atoms with Gasteiger partial charge in [-0.2, -0.15) is 0 Å². The van der Waals surface area contributed by atoms with Gasteiger partial charge >= 0.3 is 6.03 Å². The highest BCUT2D eigenvalue weighted by molar-refractivity contribution is 7.14. The van der Waals surface area contributed by atoms with Gasteiger partial charge in [-0.25, -0.2) is 14.8 Å². The topological polar surface area (TPSA) is 184 Å². The number of hydrogen-bond donors (Lipinski definition) is 4. The van der Waals surface area contributed by atoms with Crippen molar-refractivity contribution in [2.75, 3.05) is 29.9 Å². The maximum Gasteiger partial charge on any atom is 0.325 e. The third-order valence-corrected chi connectivity index (χ3v) is 8.76. The number of piperidine rings is 1. The number of amides is 5. The highest BCUT2D eigenvalue weighted by Crippen LogP contribution is 2.31. The first kappa shape index (κ1) is 31.5. The number of benzene rings is 1. The number of imide groups is 1. The Kier molecular flexibility index (Phi) is 9.39. The fourth-order valence-electron chi connectivity index (χ4n) is 4.75. The molecule has 0 atom stereocenters. The molecule has 45 heavy (non-hydrogen) atoms. The van der Waals surface area contributed by atoms with Crippen LogP contribution in [0.5, 0.6) is 5.75 Å². The Morgan fingerprint density at radius 3 is 2.44 bits per heavy atom. The van der Waals surface area contributed by atoms with Crippen molar-refractivity contribution in [3.8, 4) is 28.4 Å². The number of nitrogens with zero attached hydrogens (tertiary/aromatic N) is 5. The highest BCUT2D eigenvalue weighted by atomic mass is 32.1. The van der Waals surface area contributed by atoms with Crippen LogP contribution in [0.3, 0.4) is 0 Å². The Hall–Kier alpha value is -4.89. The van der Waals surface area contributed by atoms with Gasteiger partial charge in [0.05, 0.1) is 17.0 Å². The zero-order chi connectivity index (χ0) is 32.1. The molecule has 6 rings (SSSR count). The zero-order valence-corrected chi connectivity index (χ0v) is 26.3. The SMILES string of the molecule is CC1(C)NC(=O)N(CC(=O)Nc2nc(-c3ccccn3)cs2)C1=O.NC(=O)c1cc(-c2csc(N3CCCCC3)n2)ccc1O. The molecule has 2 saturated heterocycles. The maximum absolute atomic E-state index is 12.1. The number of phenols is 1. The molecule has 4 aromatic rings. The summed E-state index contributed by atoms with van der Waals surface area (Å²) in [5.74, 6) is -1.66. The number of hydrogen-bond acceptors (Lipinski definition) is 11. The van der Waals surface area contributed by atoms with Crippen molar-refractivity contribution in [3.63, 3.8) is 0 Å². The first-order valence-electron chi connectivity index (χ1n) is 14.2. The van der Waals surface area contributed by atoms with Crippen molar-refractivity contribution < 1.29 is 24.3 Å². The van der Waals surface area contributed by atoms with Gasteiger partial charge in [0.15, 0.2) is 10.3 Å². The molecule has 0 spiro atoms. The Morgan fingerprint density at radius 1 is 1.02 bits per heavy atom. The van der Waals surface area contributed by atoms with E-state index in [2.05, 4.69) is 30.5 Å². The Morgan fingerprint density at radius 2 is 1.78 bits per heavy atom. The van der Waals surface area contributed by atoms with E-state index in [1.165, 1.54) is 36.7 Å². The van der Waals surface area contributed by atoms with Crippen molar-refractivity contribution in [2.24, 2.45) is 5.73 Å². The third-order valence-electron chi connectivity index (χ3n) is 7.10. The molecule has 2 aliphatic rings. The predicted molar refractivity (Wildman–Crippen MR) is 172 cm³/mol. The number of rotatable bonds is 7. The van der Waals surface area contributed by atoms with Crippen LogP contribution in [0.15, 0.2) is 53.4 Å². The van der Waals surface area contributed by atoms with Crippen LogP contribution < -0.4 is 21.3 Å². The monoisotopic (exact) mass is 648 g/mol. The molecule has 1 aromatic carbocycles. The van der Waals surface area contributed by atoms with Crippen LogP contribution in [0.2, 0.25) is 0 Å². The second-order valence-corrected chi connectivity index (χ2v) is 12.6. The lowest BCUT2D eigenvalue weighted by Crippen LogP contribution is -2.41. The molecule has 5 N–H and O–H groups in total. The number of carbonyl (C=O) groups is 4. The second-order valence-electron chi connectivity index (χ2n) is 10.9. The summed E-state index contributed by atoms with van der Waals surface area (Å²) in [6.45, 7) is 4.92. The van der Waals surface area contributed by atoms with E-state index in [1.807, 2.05) is 17.5 Å². The van der Waals surface area contributed by atoms with Crippen LogP contribution in [0.25, 0.3) is 22.6 Å². The van der Waals surface area contributed by atoms with E-state index < -0.39 is 29.3 Å². The van der Waals surface area contributed by atoms with E-state index >= 15 is 0 Å². The van der Waals surface area contributed by atoms with Crippen LogP contribution in [-0.2, 0) is 9.59 Å². The summed E-state index contributed by atoms with van der Waals surface area (Å²) in [7, 11) is 0. The summed E-state index contributed by atoms with van der Waals surface area (Å²) in [5, 5.41) is 19.9. The number of nitrogens with one attached hydrogen (secondary N) is 2. The molecule has 0 radical (unpaired) electrons. The summed E-state index contributed by atoms with van der Waals surface area (Å²) in [6, 6.07) is 9.71. The maximum atomic E-state index is 12.1. The molecule has 2 fully saturated rings. The number of carbonyl (C=O) groups excluding carboxylic acids is 4. The van der Waals surface area contributed by atoms with Crippen molar-refractivity contribution in [3.05, 3.63) is 58.9 Å². The lowest BCUT2D eigenvalue weighted by molar-refractivity contribution is -0.132. The second kappa shape index (κ2) is 13.4. The van der Waals surface area contributed by atoms with Gasteiger partial charge in [0.1, 0.15) is 23.5 Å². The fraction of sp³-hybridized carbons (Fsp3) is 0.300. The molecule has 5 heterocycles. The molecule has 0 saturated carbocycles. The third kappa shape index (κ3) is 7.44. The first-order valence-corrected chi connectivity index (χ1v) is 15.9. The molecule has 15 heteroatoms. The van der Waals surface area contributed by atoms with E-state index in [-0.39, 0.29) is 17.9 Å². The minimum atomic E-state index is -0.995. The number of thiazole rings is 2. The number of aromatic nitrogens is 3. The van der Waals surface area contributed by atoms with Crippen LogP contribution in [0.4, 0.5) is 15.1 Å². The van der Waals surface area contributed by atoms with Crippen molar-refractivity contribution in [1.82, 2.24) is 25.2 Å². The molecule has 0 bridgehead atoms. The largest absolute Gasteiger partial charge is 0.507 e.